The maximum Gasteiger partial charge on any atom is 0.106 e. The molecule has 0 amide bonds. The summed E-state index contributed by atoms with van der Waals surface area (Å²) >= 11 is 0. The fourth-order valence-electron chi connectivity index (χ4n) is 2.28. The van der Waals surface area contributed by atoms with Crippen LogP contribution in [0.4, 0.5) is 0 Å². The first-order chi connectivity index (χ1) is 8.79. The lowest BCUT2D eigenvalue weighted by Crippen LogP contribution is -2.08. The number of carbonyl (C=O) groups is 1. The van der Waals surface area contributed by atoms with Crippen LogP contribution in [-0.2, 0) is 4.79 Å². The van der Waals surface area contributed by atoms with Gasteiger partial charge in [0.1, 0.15) is 6.79 Å². The van der Waals surface area contributed by atoms with Crippen molar-refractivity contribution in [3.63, 3.8) is 0 Å². The Labute approximate surface area is 109 Å². The Morgan fingerprint density at radius 3 is 1.33 bits per heavy atom. The van der Waals surface area contributed by atoms with E-state index in [9.17, 15) is 0 Å². The van der Waals surface area contributed by atoms with E-state index in [-0.39, 0.29) is 0 Å². The van der Waals surface area contributed by atoms with Crippen molar-refractivity contribution >= 4 is 6.79 Å². The average Bonchev–Trinajstić information content (AvgIpc) is 2.43. The minimum atomic E-state index is 0.502. The van der Waals surface area contributed by atoms with Crippen LogP contribution >= 0.6 is 0 Å². The smallest absolute Gasteiger partial charge is 0.106 e. The largest absolute Gasteiger partial charge is 0.307 e. The molecule has 2 rings (SSSR count). The predicted molar refractivity (Wildman–Crippen MR) is 76.7 cm³/mol. The fourth-order valence-corrected chi connectivity index (χ4v) is 2.28. The molecule has 0 spiro atoms. The maximum absolute atomic E-state index is 8.00. The Hall–Kier alpha value is -1.89. The van der Waals surface area contributed by atoms with Crippen molar-refractivity contribution in [1.82, 2.24) is 0 Å². The van der Waals surface area contributed by atoms with Gasteiger partial charge < -0.3 is 4.79 Å². The molecule has 18 heavy (non-hydrogen) atoms. The third-order valence-electron chi connectivity index (χ3n) is 2.98. The molecule has 0 aliphatic carbocycles. The standard InChI is InChI=1S/C16H18.CH2O/c1-13(2)16(14-9-5-3-6-10-14)15-11-7-4-8-12-15;1-2/h3-13,16H,1-2H3;1H2. The molecule has 1 nitrogen and oxygen atoms in total. The van der Waals surface area contributed by atoms with Gasteiger partial charge >= 0.3 is 0 Å². The molecular formula is C17H20O. The topological polar surface area (TPSA) is 17.1 Å². The van der Waals surface area contributed by atoms with Crippen molar-refractivity contribution in [2.45, 2.75) is 19.8 Å². The quantitative estimate of drug-likeness (QED) is 0.782. The first-order valence-corrected chi connectivity index (χ1v) is 6.18. The second-order valence-corrected chi connectivity index (χ2v) is 4.54. The monoisotopic (exact) mass is 240 g/mol. The Morgan fingerprint density at radius 2 is 1.06 bits per heavy atom. The van der Waals surface area contributed by atoms with Crippen LogP contribution in [0.25, 0.3) is 0 Å². The molecule has 0 aliphatic rings. The second-order valence-electron chi connectivity index (χ2n) is 4.54. The van der Waals surface area contributed by atoms with Gasteiger partial charge in [-0.05, 0) is 17.0 Å². The molecule has 2 aromatic rings. The summed E-state index contributed by atoms with van der Waals surface area (Å²) < 4.78 is 0. The van der Waals surface area contributed by atoms with Gasteiger partial charge in [-0.1, -0.05) is 74.5 Å². The molecule has 0 unspecified atom stereocenters. The van der Waals surface area contributed by atoms with Gasteiger partial charge in [0.05, 0.1) is 0 Å². The summed E-state index contributed by atoms with van der Waals surface area (Å²) in [6.45, 7) is 6.56. The molecule has 0 saturated carbocycles. The van der Waals surface area contributed by atoms with Crippen molar-refractivity contribution in [2.75, 3.05) is 0 Å². The van der Waals surface area contributed by atoms with Crippen LogP contribution in [0.5, 0.6) is 0 Å². The predicted octanol–water partition coefficient (Wildman–Crippen LogP) is 4.29. The van der Waals surface area contributed by atoms with E-state index in [1.54, 1.807) is 0 Å². The van der Waals surface area contributed by atoms with Crippen LogP contribution in [0, 0.1) is 5.92 Å². The molecule has 0 saturated heterocycles. The number of hydrogen-bond donors (Lipinski definition) is 0. The van der Waals surface area contributed by atoms with Crippen molar-refractivity contribution in [1.29, 1.82) is 0 Å². The first kappa shape index (κ1) is 14.2. The minimum Gasteiger partial charge on any atom is -0.307 e. The molecule has 2 aromatic carbocycles. The third kappa shape index (κ3) is 3.56. The molecule has 0 aromatic heterocycles. The average molecular weight is 240 g/mol. The van der Waals surface area contributed by atoms with Gasteiger partial charge in [0.25, 0.3) is 0 Å². The SMILES string of the molecule is C=O.CC(C)C(c1ccccc1)c1ccccc1. The first-order valence-electron chi connectivity index (χ1n) is 6.18. The van der Waals surface area contributed by atoms with Gasteiger partial charge in [-0.3, -0.25) is 0 Å². The molecular weight excluding hydrogens is 220 g/mol. The summed E-state index contributed by atoms with van der Waals surface area (Å²) in [5.74, 6) is 1.12. The van der Waals surface area contributed by atoms with Crippen molar-refractivity contribution in [3.05, 3.63) is 71.8 Å². The summed E-state index contributed by atoms with van der Waals surface area (Å²) in [6.07, 6.45) is 0. The summed E-state index contributed by atoms with van der Waals surface area (Å²) in [6, 6.07) is 21.5. The number of rotatable bonds is 3. The molecule has 1 heteroatoms. The van der Waals surface area contributed by atoms with Crippen molar-refractivity contribution < 1.29 is 4.79 Å². The molecule has 0 fully saturated rings. The van der Waals surface area contributed by atoms with E-state index >= 15 is 0 Å². The highest BCUT2D eigenvalue weighted by molar-refractivity contribution is 5.32. The Bertz CT molecular complexity index is 394. The lowest BCUT2D eigenvalue weighted by atomic mass is 9.83. The number of benzene rings is 2. The summed E-state index contributed by atoms with van der Waals surface area (Å²) in [7, 11) is 0. The van der Waals surface area contributed by atoms with Gasteiger partial charge in [-0.15, -0.1) is 0 Å². The zero-order valence-corrected chi connectivity index (χ0v) is 11.0. The third-order valence-corrected chi connectivity index (χ3v) is 2.98. The van der Waals surface area contributed by atoms with E-state index in [4.69, 9.17) is 4.79 Å². The highest BCUT2D eigenvalue weighted by atomic mass is 16.1. The van der Waals surface area contributed by atoms with Crippen LogP contribution < -0.4 is 0 Å². The van der Waals surface area contributed by atoms with E-state index < -0.39 is 0 Å². The van der Waals surface area contributed by atoms with Gasteiger partial charge in [-0.25, -0.2) is 0 Å². The Morgan fingerprint density at radius 1 is 0.722 bits per heavy atom. The highest BCUT2D eigenvalue weighted by Crippen LogP contribution is 2.31. The van der Waals surface area contributed by atoms with Crippen LogP contribution in [0.2, 0.25) is 0 Å². The lowest BCUT2D eigenvalue weighted by molar-refractivity contribution is -0.0979. The molecule has 0 N–H and O–H groups in total. The van der Waals surface area contributed by atoms with Crippen molar-refractivity contribution in [2.24, 2.45) is 5.92 Å². The number of hydrogen-bond acceptors (Lipinski definition) is 1. The maximum atomic E-state index is 8.00. The van der Waals surface area contributed by atoms with Crippen LogP contribution in [0.1, 0.15) is 30.9 Å². The Kier molecular flexibility index (Phi) is 5.86. The van der Waals surface area contributed by atoms with Crippen LogP contribution in [0.3, 0.4) is 0 Å². The Balaban J connectivity index is 0.000000771. The number of carbonyl (C=O) groups excluding carboxylic acids is 1. The molecule has 0 radical (unpaired) electrons. The van der Waals surface area contributed by atoms with Gasteiger partial charge in [0.2, 0.25) is 0 Å². The van der Waals surface area contributed by atoms with E-state index in [0.29, 0.717) is 11.8 Å². The zero-order valence-electron chi connectivity index (χ0n) is 11.0. The van der Waals surface area contributed by atoms with E-state index in [1.165, 1.54) is 11.1 Å². The molecule has 94 valence electrons. The van der Waals surface area contributed by atoms with E-state index in [0.717, 1.165) is 0 Å². The second kappa shape index (κ2) is 7.44. The lowest BCUT2D eigenvalue weighted by Gasteiger charge is -2.21. The minimum absolute atomic E-state index is 0.502. The van der Waals surface area contributed by atoms with Gasteiger partial charge in [0, 0.05) is 5.92 Å². The summed E-state index contributed by atoms with van der Waals surface area (Å²) in [5.41, 5.74) is 2.81. The summed E-state index contributed by atoms with van der Waals surface area (Å²) in [4.78, 5) is 8.00. The van der Waals surface area contributed by atoms with Gasteiger partial charge in [0.15, 0.2) is 0 Å². The summed E-state index contributed by atoms with van der Waals surface area (Å²) in [5, 5.41) is 0. The zero-order chi connectivity index (χ0) is 13.4. The normalized spacial score (nSPS) is 10.0. The molecule has 0 heterocycles. The van der Waals surface area contributed by atoms with E-state index in [2.05, 4.69) is 74.5 Å². The van der Waals surface area contributed by atoms with Crippen molar-refractivity contribution in [3.8, 4) is 0 Å². The fraction of sp³-hybridized carbons (Fsp3) is 0.235. The van der Waals surface area contributed by atoms with Crippen LogP contribution in [0.15, 0.2) is 60.7 Å². The molecule has 0 atom stereocenters. The molecule has 0 bridgehead atoms. The molecule has 0 aliphatic heterocycles. The highest BCUT2D eigenvalue weighted by Gasteiger charge is 2.16. The van der Waals surface area contributed by atoms with Gasteiger partial charge in [-0.2, -0.15) is 0 Å². The van der Waals surface area contributed by atoms with Crippen LogP contribution in [-0.4, -0.2) is 6.79 Å². The van der Waals surface area contributed by atoms with E-state index in [1.807, 2.05) is 6.79 Å².